The smallest absolute Gasteiger partial charge is 0.269 e. The number of allylic oxidation sites excluding steroid dienone is 2. The zero-order valence-corrected chi connectivity index (χ0v) is 16.4. The number of ketones is 1. The first-order chi connectivity index (χ1) is 13.6. The normalized spacial score (nSPS) is 18.5. The first-order valence-electron chi connectivity index (χ1n) is 9.45. The van der Waals surface area contributed by atoms with E-state index in [4.69, 9.17) is 0 Å². The Morgan fingerprint density at radius 2 is 2.11 bits per heavy atom. The van der Waals surface area contributed by atoms with Crippen molar-refractivity contribution in [1.82, 2.24) is 14.8 Å². The molecular weight excluding hydrogens is 378 g/mol. The van der Waals surface area contributed by atoms with E-state index in [-0.39, 0.29) is 11.5 Å². The second-order valence-electron chi connectivity index (χ2n) is 6.91. The molecule has 2 aromatic rings. The fraction of sp³-hybridized carbons (Fsp3) is 0.421. The first kappa shape index (κ1) is 18.7. The van der Waals surface area contributed by atoms with Gasteiger partial charge in [0, 0.05) is 35.6 Å². The Morgan fingerprint density at radius 1 is 1.32 bits per heavy atom. The maximum absolute atomic E-state index is 12.7. The van der Waals surface area contributed by atoms with Crippen LogP contribution in [0.2, 0.25) is 0 Å². The molecule has 0 saturated carbocycles. The molecule has 1 aliphatic heterocycles. The summed E-state index contributed by atoms with van der Waals surface area (Å²) in [5.74, 6) is 1.66. The van der Waals surface area contributed by atoms with Crippen LogP contribution in [-0.4, -0.2) is 31.2 Å². The summed E-state index contributed by atoms with van der Waals surface area (Å²) in [7, 11) is 0. The third-order valence-corrected chi connectivity index (χ3v) is 5.92. The van der Waals surface area contributed by atoms with Crippen molar-refractivity contribution in [3.8, 4) is 0 Å². The predicted molar refractivity (Wildman–Crippen MR) is 106 cm³/mol. The van der Waals surface area contributed by atoms with Crippen LogP contribution in [0, 0.1) is 10.1 Å². The van der Waals surface area contributed by atoms with E-state index >= 15 is 0 Å². The predicted octanol–water partition coefficient (Wildman–Crippen LogP) is 4.10. The second-order valence-corrected chi connectivity index (χ2v) is 7.97. The minimum Gasteiger partial charge on any atom is -0.328 e. The van der Waals surface area contributed by atoms with Crippen LogP contribution in [0.4, 0.5) is 11.6 Å². The highest BCUT2D eigenvalue weighted by molar-refractivity contribution is 7.99. The summed E-state index contributed by atoms with van der Waals surface area (Å²) < 4.78 is 1.75. The van der Waals surface area contributed by atoms with E-state index in [1.807, 2.05) is 0 Å². The topological polar surface area (TPSA) is 103 Å². The zero-order chi connectivity index (χ0) is 19.7. The molecule has 0 saturated heterocycles. The average molecular weight is 399 g/mol. The minimum absolute atomic E-state index is 0.0245. The fourth-order valence-electron chi connectivity index (χ4n) is 3.59. The Morgan fingerprint density at radius 3 is 2.82 bits per heavy atom. The molecule has 0 spiro atoms. The van der Waals surface area contributed by atoms with Gasteiger partial charge in [0.05, 0.1) is 4.92 Å². The van der Waals surface area contributed by atoms with Gasteiger partial charge in [0.2, 0.25) is 11.1 Å². The molecule has 1 aromatic carbocycles. The molecule has 1 aromatic heterocycles. The number of thioether (sulfide) groups is 1. The van der Waals surface area contributed by atoms with E-state index in [9.17, 15) is 14.9 Å². The lowest BCUT2D eigenvalue weighted by Gasteiger charge is -2.32. The number of benzene rings is 1. The number of non-ortho nitro benzene ring substituents is 1. The monoisotopic (exact) mass is 399 g/mol. The number of nitrogens with zero attached hydrogens (tertiary/aromatic N) is 4. The maximum atomic E-state index is 12.7. The summed E-state index contributed by atoms with van der Waals surface area (Å²) >= 11 is 1.60. The number of aromatic nitrogens is 3. The summed E-state index contributed by atoms with van der Waals surface area (Å²) in [6, 6.07) is 5.94. The molecule has 2 heterocycles. The van der Waals surface area contributed by atoms with Gasteiger partial charge in [-0.25, -0.2) is 4.68 Å². The van der Waals surface area contributed by atoms with Crippen molar-refractivity contribution in [3.05, 3.63) is 51.2 Å². The van der Waals surface area contributed by atoms with E-state index < -0.39 is 11.0 Å². The third kappa shape index (κ3) is 3.42. The number of hydrogen-bond donors (Lipinski definition) is 1. The van der Waals surface area contributed by atoms with E-state index in [0.29, 0.717) is 23.1 Å². The van der Waals surface area contributed by atoms with Crippen molar-refractivity contribution in [2.24, 2.45) is 0 Å². The Hall–Kier alpha value is -2.68. The number of carbonyl (C=O) groups excluding carboxylic acids is 1. The van der Waals surface area contributed by atoms with Gasteiger partial charge in [0.1, 0.15) is 6.04 Å². The molecule has 8 nitrogen and oxygen atoms in total. The van der Waals surface area contributed by atoms with Gasteiger partial charge in [-0.1, -0.05) is 25.1 Å². The van der Waals surface area contributed by atoms with Crippen molar-refractivity contribution in [1.29, 1.82) is 0 Å². The molecule has 146 valence electrons. The number of unbranched alkanes of at least 4 members (excludes halogenated alkanes) is 1. The van der Waals surface area contributed by atoms with Crippen molar-refractivity contribution in [2.45, 2.75) is 50.2 Å². The van der Waals surface area contributed by atoms with Crippen molar-refractivity contribution < 1.29 is 9.72 Å². The van der Waals surface area contributed by atoms with E-state index in [2.05, 4.69) is 22.3 Å². The summed E-state index contributed by atoms with van der Waals surface area (Å²) in [5, 5.41) is 19.6. The Kier molecular flexibility index (Phi) is 5.17. The molecular formula is C19H21N5O3S. The van der Waals surface area contributed by atoms with Crippen molar-refractivity contribution in [3.63, 3.8) is 0 Å². The first-order valence-corrected chi connectivity index (χ1v) is 10.4. The van der Waals surface area contributed by atoms with Gasteiger partial charge in [-0.15, -0.1) is 5.10 Å². The van der Waals surface area contributed by atoms with Crippen LogP contribution in [0.15, 0.2) is 40.7 Å². The highest BCUT2D eigenvalue weighted by Gasteiger charge is 2.36. The maximum Gasteiger partial charge on any atom is 0.269 e. The largest absolute Gasteiger partial charge is 0.328 e. The molecule has 9 heteroatoms. The molecule has 0 fully saturated rings. The van der Waals surface area contributed by atoms with Crippen LogP contribution >= 0.6 is 11.8 Å². The molecule has 0 bridgehead atoms. The molecule has 1 atom stereocenters. The van der Waals surface area contributed by atoms with Crippen LogP contribution in [0.1, 0.15) is 50.6 Å². The molecule has 2 aliphatic rings. The van der Waals surface area contributed by atoms with Crippen LogP contribution in [0.3, 0.4) is 0 Å². The van der Waals surface area contributed by atoms with Crippen LogP contribution in [0.5, 0.6) is 0 Å². The number of fused-ring (bicyclic) bond motifs is 1. The molecule has 28 heavy (non-hydrogen) atoms. The standard InChI is InChI=1S/C19H21N5O3S/c1-2-3-11-28-19-21-18-20-14-5-4-6-15(25)16(14)17(23(18)22-19)12-7-9-13(10-8-12)24(26)27/h7-10,17H,2-6,11H2,1H3,(H,20,21,22)/t17-/m1/s1. The van der Waals surface area contributed by atoms with Gasteiger partial charge in [-0.2, -0.15) is 4.98 Å². The number of nitro groups is 1. The Balaban J connectivity index is 1.75. The minimum atomic E-state index is -0.425. The number of hydrogen-bond acceptors (Lipinski definition) is 7. The summed E-state index contributed by atoms with van der Waals surface area (Å²) in [6.45, 7) is 2.14. The summed E-state index contributed by atoms with van der Waals surface area (Å²) in [6.07, 6.45) is 4.29. The number of carbonyl (C=O) groups is 1. The highest BCUT2D eigenvalue weighted by atomic mass is 32.2. The number of rotatable bonds is 6. The number of nitrogens with one attached hydrogen (secondary N) is 1. The fourth-order valence-corrected chi connectivity index (χ4v) is 4.50. The summed E-state index contributed by atoms with van der Waals surface area (Å²) in [4.78, 5) is 27.9. The Labute approximate surface area is 166 Å². The Bertz CT molecular complexity index is 951. The zero-order valence-electron chi connectivity index (χ0n) is 15.6. The van der Waals surface area contributed by atoms with E-state index in [0.717, 1.165) is 42.7 Å². The van der Waals surface area contributed by atoms with Crippen molar-refractivity contribution in [2.75, 3.05) is 11.1 Å². The molecule has 0 amide bonds. The van der Waals surface area contributed by atoms with Gasteiger partial charge in [0.25, 0.3) is 5.69 Å². The van der Waals surface area contributed by atoms with E-state index in [1.165, 1.54) is 12.1 Å². The lowest BCUT2D eigenvalue weighted by molar-refractivity contribution is -0.384. The molecule has 4 rings (SSSR count). The number of Topliss-reactive ketones (excluding diaryl/α,β-unsaturated/α-hetero) is 1. The van der Waals surface area contributed by atoms with E-state index in [1.54, 1.807) is 28.6 Å². The van der Waals surface area contributed by atoms with Crippen LogP contribution in [-0.2, 0) is 4.79 Å². The lowest BCUT2D eigenvalue weighted by atomic mass is 9.85. The molecule has 0 unspecified atom stereocenters. The third-order valence-electron chi connectivity index (χ3n) is 5.00. The number of nitro benzene ring substituents is 1. The second kappa shape index (κ2) is 7.75. The van der Waals surface area contributed by atoms with Crippen LogP contribution in [0.25, 0.3) is 0 Å². The lowest BCUT2D eigenvalue weighted by Crippen LogP contribution is -2.31. The van der Waals surface area contributed by atoms with Crippen LogP contribution < -0.4 is 5.32 Å². The molecule has 1 aliphatic carbocycles. The van der Waals surface area contributed by atoms with Gasteiger partial charge in [0.15, 0.2) is 5.78 Å². The average Bonchev–Trinajstić information content (AvgIpc) is 3.09. The van der Waals surface area contributed by atoms with Gasteiger partial charge >= 0.3 is 0 Å². The molecule has 1 N–H and O–H groups in total. The highest BCUT2D eigenvalue weighted by Crippen LogP contribution is 2.40. The molecule has 0 radical (unpaired) electrons. The SMILES string of the molecule is CCCCSc1nc2n(n1)[C@H](c1ccc([N+](=O)[O-])cc1)C1=C(CCCC1=O)N2. The van der Waals surface area contributed by atoms with Crippen molar-refractivity contribution >= 4 is 29.2 Å². The quantitative estimate of drug-likeness (QED) is 0.337. The summed E-state index contributed by atoms with van der Waals surface area (Å²) in [5.41, 5.74) is 2.41. The number of anilines is 1. The van der Waals surface area contributed by atoms with Gasteiger partial charge < -0.3 is 5.32 Å². The van der Waals surface area contributed by atoms with Gasteiger partial charge in [-0.05, 0) is 37.0 Å². The van der Waals surface area contributed by atoms with Gasteiger partial charge in [-0.3, -0.25) is 14.9 Å².